The Morgan fingerprint density at radius 2 is 1.79 bits per heavy atom. The number of benzene rings is 2. The number of nitro benzene ring substituents is 1. The number of non-ortho nitro benzene ring substituents is 1. The SMILES string of the molecule is COc1ccc(CSC2(CCO)CC(C(=O)N3CCNCC3)N(C(=O)OCc3ccc([N+](=O)[O-])cc3)C2)cc1. The number of hydrogen-bond acceptors (Lipinski definition) is 9. The van der Waals surface area contributed by atoms with Crippen molar-refractivity contribution in [3.05, 3.63) is 69.8 Å². The number of carbonyl (C=O) groups excluding carboxylic acids is 2. The van der Waals surface area contributed by atoms with Crippen molar-refractivity contribution in [2.75, 3.05) is 46.4 Å². The predicted molar refractivity (Wildman–Crippen MR) is 147 cm³/mol. The summed E-state index contributed by atoms with van der Waals surface area (Å²) in [6.45, 7) is 2.62. The van der Waals surface area contributed by atoms with Crippen LogP contribution in [0.2, 0.25) is 0 Å². The van der Waals surface area contributed by atoms with Crippen LogP contribution in [0.1, 0.15) is 24.0 Å². The average molecular weight is 559 g/mol. The van der Waals surface area contributed by atoms with Crippen molar-refractivity contribution in [1.29, 1.82) is 0 Å². The molecule has 0 aromatic heterocycles. The first-order valence-corrected chi connectivity index (χ1v) is 13.9. The number of piperazine rings is 1. The molecule has 0 spiro atoms. The summed E-state index contributed by atoms with van der Waals surface area (Å²) in [5, 5.41) is 24.1. The topological polar surface area (TPSA) is 134 Å². The minimum absolute atomic E-state index is 0.0472. The summed E-state index contributed by atoms with van der Waals surface area (Å²) < 4.78 is 10.3. The zero-order valence-electron chi connectivity index (χ0n) is 21.9. The molecule has 2 aliphatic rings. The Bertz CT molecular complexity index is 1140. The van der Waals surface area contributed by atoms with Crippen molar-refractivity contribution in [2.24, 2.45) is 0 Å². The predicted octanol–water partition coefficient (Wildman–Crippen LogP) is 2.80. The molecule has 2 heterocycles. The monoisotopic (exact) mass is 558 g/mol. The van der Waals surface area contributed by atoms with Gasteiger partial charge in [-0.05, 0) is 48.2 Å². The van der Waals surface area contributed by atoms with E-state index in [1.54, 1.807) is 35.9 Å². The molecule has 11 nitrogen and oxygen atoms in total. The highest BCUT2D eigenvalue weighted by atomic mass is 32.2. The molecule has 2 aromatic carbocycles. The smallest absolute Gasteiger partial charge is 0.410 e. The van der Waals surface area contributed by atoms with Gasteiger partial charge in [0.05, 0.1) is 12.0 Å². The highest BCUT2D eigenvalue weighted by Crippen LogP contribution is 2.44. The van der Waals surface area contributed by atoms with Crippen LogP contribution in [0.3, 0.4) is 0 Å². The van der Waals surface area contributed by atoms with Crippen LogP contribution in [-0.2, 0) is 21.9 Å². The van der Waals surface area contributed by atoms with Gasteiger partial charge in [0.25, 0.3) is 5.69 Å². The number of rotatable bonds is 10. The molecule has 39 heavy (non-hydrogen) atoms. The van der Waals surface area contributed by atoms with Crippen LogP contribution in [0.15, 0.2) is 48.5 Å². The standard InChI is InChI=1S/C27H34N4O7S/c1-37-23-8-4-21(5-9-23)18-39-27(10-15-32)16-24(25(33)29-13-11-28-12-14-29)30(19-27)26(34)38-17-20-2-6-22(7-3-20)31(35)36/h2-9,24,28,32H,10-19H2,1H3. The maximum Gasteiger partial charge on any atom is 0.410 e. The fraction of sp³-hybridized carbons (Fsp3) is 0.481. The molecular formula is C27H34N4O7S. The lowest BCUT2D eigenvalue weighted by molar-refractivity contribution is -0.384. The molecule has 0 radical (unpaired) electrons. The van der Waals surface area contributed by atoms with Crippen molar-refractivity contribution < 1.29 is 29.1 Å². The zero-order valence-corrected chi connectivity index (χ0v) is 22.7. The summed E-state index contributed by atoms with van der Waals surface area (Å²) in [4.78, 5) is 40.7. The number of nitrogens with zero attached hydrogens (tertiary/aromatic N) is 3. The number of likely N-dealkylation sites (tertiary alicyclic amines) is 1. The van der Waals surface area contributed by atoms with Crippen LogP contribution >= 0.6 is 11.8 Å². The highest BCUT2D eigenvalue weighted by molar-refractivity contribution is 7.99. The van der Waals surface area contributed by atoms with Gasteiger partial charge in [0.2, 0.25) is 5.91 Å². The van der Waals surface area contributed by atoms with Gasteiger partial charge >= 0.3 is 6.09 Å². The van der Waals surface area contributed by atoms with Crippen molar-refractivity contribution in [2.45, 2.75) is 36.0 Å². The summed E-state index contributed by atoms with van der Waals surface area (Å²) in [6.07, 6.45) is 0.210. The van der Waals surface area contributed by atoms with Gasteiger partial charge in [-0.1, -0.05) is 12.1 Å². The van der Waals surface area contributed by atoms with E-state index in [1.165, 1.54) is 17.0 Å². The summed E-state index contributed by atoms with van der Waals surface area (Å²) in [7, 11) is 1.61. The number of methoxy groups -OCH3 is 1. The third-order valence-corrected chi connectivity index (χ3v) is 8.72. The number of carbonyl (C=O) groups is 2. The van der Waals surface area contributed by atoms with E-state index < -0.39 is 21.8 Å². The maximum absolute atomic E-state index is 13.6. The molecule has 2 fully saturated rings. The van der Waals surface area contributed by atoms with Gasteiger partial charge in [-0.3, -0.25) is 19.8 Å². The Balaban J connectivity index is 1.50. The molecule has 2 saturated heterocycles. The summed E-state index contributed by atoms with van der Waals surface area (Å²) in [6, 6.07) is 12.8. The Labute approximate surface area is 231 Å². The molecule has 2 atom stereocenters. The summed E-state index contributed by atoms with van der Waals surface area (Å²) >= 11 is 1.63. The lowest BCUT2D eigenvalue weighted by atomic mass is 10.0. The minimum atomic E-state index is -0.706. The van der Waals surface area contributed by atoms with Gasteiger partial charge in [0.15, 0.2) is 0 Å². The minimum Gasteiger partial charge on any atom is -0.497 e. The number of thioether (sulfide) groups is 1. The fourth-order valence-electron chi connectivity index (χ4n) is 4.92. The summed E-state index contributed by atoms with van der Waals surface area (Å²) in [5.41, 5.74) is 1.63. The molecule has 12 heteroatoms. The molecule has 0 saturated carbocycles. The molecule has 2 aromatic rings. The first-order chi connectivity index (χ1) is 18.8. The summed E-state index contributed by atoms with van der Waals surface area (Å²) in [5.74, 6) is 1.29. The van der Waals surface area contributed by atoms with E-state index >= 15 is 0 Å². The number of nitrogens with one attached hydrogen (secondary N) is 1. The van der Waals surface area contributed by atoms with E-state index in [1.807, 2.05) is 24.3 Å². The van der Waals surface area contributed by atoms with Crippen LogP contribution in [0, 0.1) is 10.1 Å². The third-order valence-electron chi connectivity index (χ3n) is 7.13. The second-order valence-corrected chi connectivity index (χ2v) is 11.1. The molecule has 2 amide bonds. The van der Waals surface area contributed by atoms with E-state index in [0.717, 1.165) is 11.3 Å². The van der Waals surface area contributed by atoms with Crippen LogP contribution < -0.4 is 10.1 Å². The van der Waals surface area contributed by atoms with Gasteiger partial charge in [-0.15, -0.1) is 11.8 Å². The largest absolute Gasteiger partial charge is 0.497 e. The van der Waals surface area contributed by atoms with Gasteiger partial charge in [-0.2, -0.15) is 0 Å². The van der Waals surface area contributed by atoms with E-state index in [4.69, 9.17) is 9.47 Å². The van der Waals surface area contributed by atoms with Crippen LogP contribution in [0.4, 0.5) is 10.5 Å². The number of aliphatic hydroxyl groups excluding tert-OH is 1. The lowest BCUT2D eigenvalue weighted by Gasteiger charge is -2.32. The van der Waals surface area contributed by atoms with E-state index in [0.29, 0.717) is 50.3 Å². The fourth-order valence-corrected chi connectivity index (χ4v) is 6.32. The van der Waals surface area contributed by atoms with Crippen LogP contribution in [-0.4, -0.2) is 89.1 Å². The lowest BCUT2D eigenvalue weighted by Crippen LogP contribution is -2.53. The van der Waals surface area contributed by atoms with Gasteiger partial charge in [0.1, 0.15) is 18.4 Å². The average Bonchev–Trinajstić information content (AvgIpc) is 3.35. The van der Waals surface area contributed by atoms with Crippen molar-refractivity contribution in [3.63, 3.8) is 0 Å². The number of nitro groups is 1. The van der Waals surface area contributed by atoms with E-state index in [2.05, 4.69) is 5.32 Å². The Morgan fingerprint density at radius 3 is 2.41 bits per heavy atom. The Morgan fingerprint density at radius 1 is 1.13 bits per heavy atom. The third kappa shape index (κ3) is 7.20. The first kappa shape index (κ1) is 28.7. The van der Waals surface area contributed by atoms with Crippen molar-refractivity contribution >= 4 is 29.4 Å². The van der Waals surface area contributed by atoms with Crippen LogP contribution in [0.5, 0.6) is 5.75 Å². The number of amides is 2. The van der Waals surface area contributed by atoms with Gasteiger partial charge < -0.3 is 24.8 Å². The molecule has 0 bridgehead atoms. The Kier molecular flexibility index (Phi) is 9.65. The highest BCUT2D eigenvalue weighted by Gasteiger charge is 2.50. The molecule has 0 aliphatic carbocycles. The Hall–Kier alpha value is -3.35. The van der Waals surface area contributed by atoms with Crippen molar-refractivity contribution in [1.82, 2.24) is 15.1 Å². The zero-order chi connectivity index (χ0) is 27.8. The molecular weight excluding hydrogens is 524 g/mol. The second kappa shape index (κ2) is 13.1. The normalized spacial score (nSPS) is 21.0. The van der Waals surface area contributed by atoms with E-state index in [-0.39, 0.29) is 31.4 Å². The van der Waals surface area contributed by atoms with Gasteiger partial charge in [-0.25, -0.2) is 4.79 Å². The number of ether oxygens (including phenoxy) is 2. The van der Waals surface area contributed by atoms with Crippen LogP contribution in [0.25, 0.3) is 0 Å². The second-order valence-electron chi connectivity index (χ2n) is 9.69. The van der Waals surface area contributed by atoms with Crippen molar-refractivity contribution in [3.8, 4) is 5.75 Å². The molecule has 4 rings (SSSR count). The molecule has 2 unspecified atom stereocenters. The molecule has 2 N–H and O–H groups in total. The quantitative estimate of drug-likeness (QED) is 0.333. The number of aliphatic hydroxyl groups is 1. The first-order valence-electron chi connectivity index (χ1n) is 12.9. The van der Waals surface area contributed by atoms with E-state index in [9.17, 15) is 24.8 Å². The van der Waals surface area contributed by atoms with Gasteiger partial charge in [0, 0.05) is 62.0 Å². The molecule has 210 valence electrons. The number of hydrogen-bond donors (Lipinski definition) is 2. The molecule has 2 aliphatic heterocycles. The maximum atomic E-state index is 13.6.